The number of piperidine rings is 1. The minimum absolute atomic E-state index is 0.00817. The summed E-state index contributed by atoms with van der Waals surface area (Å²) in [6, 6.07) is 10.9. The molecule has 1 aliphatic rings. The van der Waals surface area contributed by atoms with E-state index in [1.807, 2.05) is 6.07 Å². The van der Waals surface area contributed by atoms with Crippen LogP contribution in [0.4, 0.5) is 0 Å². The third-order valence-electron chi connectivity index (χ3n) is 4.72. The molecule has 7 nitrogen and oxygen atoms in total. The van der Waals surface area contributed by atoms with Gasteiger partial charge in [0, 0.05) is 11.9 Å². The van der Waals surface area contributed by atoms with Crippen molar-refractivity contribution in [2.45, 2.75) is 36.8 Å². The Hall–Kier alpha value is -2.49. The first-order valence-corrected chi connectivity index (χ1v) is 11.6. The standard InChI is InChI=1S/C20H20N2O5S2/c23-20(27-13-15-14-28-19(21-15)18-10-6-12-26-18)17-9-4-5-11-22(17)29(24,25)16-7-2-1-3-8-16/h1-3,6-8,10,12,14,17H,4-5,9,11,13H2. The summed E-state index contributed by atoms with van der Waals surface area (Å²) < 4.78 is 38.0. The van der Waals surface area contributed by atoms with E-state index in [9.17, 15) is 13.2 Å². The fraction of sp³-hybridized carbons (Fsp3) is 0.300. The fourth-order valence-electron chi connectivity index (χ4n) is 3.28. The Morgan fingerprint density at radius 2 is 2.03 bits per heavy atom. The molecule has 3 heterocycles. The summed E-state index contributed by atoms with van der Waals surface area (Å²) in [7, 11) is -3.76. The highest BCUT2D eigenvalue weighted by molar-refractivity contribution is 7.89. The third kappa shape index (κ3) is 4.26. The molecule has 1 aliphatic heterocycles. The smallest absolute Gasteiger partial charge is 0.324 e. The number of aromatic nitrogens is 1. The summed E-state index contributed by atoms with van der Waals surface area (Å²) in [6.07, 6.45) is 3.51. The van der Waals surface area contributed by atoms with Crippen molar-refractivity contribution >= 4 is 27.3 Å². The molecular formula is C20H20N2O5S2. The molecule has 0 N–H and O–H groups in total. The van der Waals surface area contributed by atoms with Crippen LogP contribution in [0.5, 0.6) is 0 Å². The molecule has 1 fully saturated rings. The second kappa shape index (κ2) is 8.48. The van der Waals surface area contributed by atoms with Crippen molar-refractivity contribution in [1.29, 1.82) is 0 Å². The number of ether oxygens (including phenoxy) is 1. The molecule has 4 rings (SSSR count). The van der Waals surface area contributed by atoms with Crippen LogP contribution in [0.25, 0.3) is 10.8 Å². The number of carbonyl (C=O) groups is 1. The largest absolute Gasteiger partial charge is 0.462 e. The van der Waals surface area contributed by atoms with E-state index in [2.05, 4.69) is 4.98 Å². The Morgan fingerprint density at radius 1 is 1.21 bits per heavy atom. The number of thiazole rings is 1. The van der Waals surface area contributed by atoms with Crippen LogP contribution in [0.3, 0.4) is 0 Å². The van der Waals surface area contributed by atoms with Crippen molar-refractivity contribution in [1.82, 2.24) is 9.29 Å². The third-order valence-corrected chi connectivity index (χ3v) is 7.55. The lowest BCUT2D eigenvalue weighted by Gasteiger charge is -2.32. The van der Waals surface area contributed by atoms with Crippen LogP contribution < -0.4 is 0 Å². The molecule has 0 spiro atoms. The maximum atomic E-state index is 13.0. The van der Waals surface area contributed by atoms with Gasteiger partial charge in [-0.3, -0.25) is 4.79 Å². The van der Waals surface area contributed by atoms with Crippen LogP contribution in [0.1, 0.15) is 25.0 Å². The summed E-state index contributed by atoms with van der Waals surface area (Å²) in [5.41, 5.74) is 0.600. The number of sulfonamides is 1. The average molecular weight is 433 g/mol. The highest BCUT2D eigenvalue weighted by Crippen LogP contribution is 2.27. The van der Waals surface area contributed by atoms with Crippen LogP contribution in [0, 0.1) is 0 Å². The van der Waals surface area contributed by atoms with Crippen molar-refractivity contribution in [3.05, 3.63) is 59.8 Å². The highest BCUT2D eigenvalue weighted by Gasteiger charge is 2.38. The van der Waals surface area contributed by atoms with E-state index in [0.717, 1.165) is 6.42 Å². The first-order valence-electron chi connectivity index (χ1n) is 9.27. The van der Waals surface area contributed by atoms with Gasteiger partial charge in [-0.05, 0) is 43.5 Å². The van der Waals surface area contributed by atoms with Crippen molar-refractivity contribution < 1.29 is 22.4 Å². The quantitative estimate of drug-likeness (QED) is 0.552. The number of hydrogen-bond donors (Lipinski definition) is 0. The first-order chi connectivity index (χ1) is 14.1. The molecule has 1 atom stereocenters. The number of carbonyl (C=O) groups excluding carboxylic acids is 1. The van der Waals surface area contributed by atoms with Gasteiger partial charge in [-0.1, -0.05) is 18.2 Å². The van der Waals surface area contributed by atoms with Gasteiger partial charge in [-0.25, -0.2) is 13.4 Å². The summed E-state index contributed by atoms with van der Waals surface area (Å²) in [4.78, 5) is 17.3. The lowest BCUT2D eigenvalue weighted by molar-refractivity contribution is -0.150. The molecular weight excluding hydrogens is 412 g/mol. The van der Waals surface area contributed by atoms with Gasteiger partial charge >= 0.3 is 5.97 Å². The van der Waals surface area contributed by atoms with Gasteiger partial charge in [0.1, 0.15) is 12.6 Å². The Bertz CT molecular complexity index is 1060. The van der Waals surface area contributed by atoms with E-state index >= 15 is 0 Å². The molecule has 152 valence electrons. The van der Waals surface area contributed by atoms with Gasteiger partial charge in [-0.15, -0.1) is 11.3 Å². The van der Waals surface area contributed by atoms with Crippen LogP contribution in [-0.4, -0.2) is 36.3 Å². The van der Waals surface area contributed by atoms with E-state index in [1.165, 1.54) is 27.8 Å². The van der Waals surface area contributed by atoms with Gasteiger partial charge in [-0.2, -0.15) is 4.31 Å². The second-order valence-corrected chi connectivity index (χ2v) is 9.42. The number of benzene rings is 1. The molecule has 1 aromatic carbocycles. The summed E-state index contributed by atoms with van der Waals surface area (Å²) in [5.74, 6) is 0.108. The molecule has 0 amide bonds. The lowest BCUT2D eigenvalue weighted by atomic mass is 10.1. The van der Waals surface area contributed by atoms with E-state index < -0.39 is 22.0 Å². The molecule has 0 saturated carbocycles. The van der Waals surface area contributed by atoms with Crippen LogP contribution in [-0.2, 0) is 26.2 Å². The van der Waals surface area contributed by atoms with Crippen molar-refractivity contribution in [2.75, 3.05) is 6.54 Å². The van der Waals surface area contributed by atoms with Gasteiger partial charge in [0.2, 0.25) is 10.0 Å². The average Bonchev–Trinajstić information content (AvgIpc) is 3.44. The lowest BCUT2D eigenvalue weighted by Crippen LogP contribution is -2.48. The Labute approximate surface area is 173 Å². The van der Waals surface area contributed by atoms with Crippen molar-refractivity contribution in [2.24, 2.45) is 0 Å². The van der Waals surface area contributed by atoms with Crippen molar-refractivity contribution in [3.63, 3.8) is 0 Å². The molecule has 0 radical (unpaired) electrons. The number of furan rings is 1. The topological polar surface area (TPSA) is 89.7 Å². The Morgan fingerprint density at radius 3 is 2.79 bits per heavy atom. The van der Waals surface area contributed by atoms with E-state index in [0.29, 0.717) is 35.8 Å². The zero-order chi connectivity index (χ0) is 20.3. The maximum Gasteiger partial charge on any atom is 0.324 e. The number of rotatable bonds is 6. The summed E-state index contributed by atoms with van der Waals surface area (Å²) in [6.45, 7) is 0.294. The van der Waals surface area contributed by atoms with Crippen LogP contribution in [0.2, 0.25) is 0 Å². The maximum absolute atomic E-state index is 13.0. The summed E-state index contributed by atoms with van der Waals surface area (Å²) in [5, 5.41) is 2.50. The zero-order valence-corrected chi connectivity index (χ0v) is 17.2. The fourth-order valence-corrected chi connectivity index (χ4v) is 5.72. The minimum Gasteiger partial charge on any atom is -0.462 e. The molecule has 1 saturated heterocycles. The van der Waals surface area contributed by atoms with Crippen LogP contribution in [0.15, 0.2) is 63.4 Å². The number of hydrogen-bond acceptors (Lipinski definition) is 7. The van der Waals surface area contributed by atoms with E-state index in [1.54, 1.807) is 35.9 Å². The summed E-state index contributed by atoms with van der Waals surface area (Å²) >= 11 is 1.39. The first kappa shape index (κ1) is 19.8. The highest BCUT2D eigenvalue weighted by atomic mass is 32.2. The van der Waals surface area contributed by atoms with Gasteiger partial charge in [0.15, 0.2) is 10.8 Å². The van der Waals surface area contributed by atoms with Gasteiger partial charge < -0.3 is 9.15 Å². The van der Waals surface area contributed by atoms with E-state index in [4.69, 9.17) is 9.15 Å². The number of nitrogens with zero attached hydrogens (tertiary/aromatic N) is 2. The molecule has 29 heavy (non-hydrogen) atoms. The molecule has 3 aromatic rings. The molecule has 1 unspecified atom stereocenters. The van der Waals surface area contributed by atoms with Gasteiger partial charge in [0.25, 0.3) is 0 Å². The molecule has 2 aromatic heterocycles. The predicted octanol–water partition coefficient (Wildman–Crippen LogP) is 3.69. The van der Waals surface area contributed by atoms with E-state index in [-0.39, 0.29) is 11.5 Å². The Kier molecular flexibility index (Phi) is 5.79. The molecule has 0 bridgehead atoms. The zero-order valence-electron chi connectivity index (χ0n) is 15.6. The molecule has 0 aliphatic carbocycles. The van der Waals surface area contributed by atoms with Crippen molar-refractivity contribution in [3.8, 4) is 10.8 Å². The molecule has 9 heteroatoms. The second-order valence-electron chi connectivity index (χ2n) is 6.67. The van der Waals surface area contributed by atoms with Gasteiger partial charge in [0.05, 0.1) is 16.9 Å². The Balaban J connectivity index is 1.45. The minimum atomic E-state index is -3.76. The monoisotopic (exact) mass is 432 g/mol. The number of esters is 1. The van der Waals surface area contributed by atoms with Crippen LogP contribution >= 0.6 is 11.3 Å². The SMILES string of the molecule is O=C(OCc1csc(-c2ccco2)n1)C1CCCCN1S(=O)(=O)c1ccccc1. The predicted molar refractivity (Wildman–Crippen MR) is 108 cm³/mol. The normalized spacial score (nSPS) is 17.9.